The third-order valence-corrected chi connectivity index (χ3v) is 2.53. The normalized spacial score (nSPS) is 12.2. The van der Waals surface area contributed by atoms with Crippen LogP contribution in [0.1, 0.15) is 29.1 Å². The van der Waals surface area contributed by atoms with Crippen LogP contribution in [0.15, 0.2) is 30.6 Å². The van der Waals surface area contributed by atoms with E-state index in [2.05, 4.69) is 15.4 Å². The fourth-order valence-corrected chi connectivity index (χ4v) is 1.62. The molecule has 0 aliphatic heterocycles. The first-order valence-electron chi connectivity index (χ1n) is 5.54. The van der Waals surface area contributed by atoms with E-state index in [4.69, 9.17) is 0 Å². The Balaban J connectivity index is 2.43. The Morgan fingerprint density at radius 3 is 2.94 bits per heavy atom. The van der Waals surface area contributed by atoms with Crippen molar-refractivity contribution in [2.45, 2.75) is 13.0 Å². The summed E-state index contributed by atoms with van der Waals surface area (Å²) in [6.07, 6.45) is 2.60. The Kier molecular flexibility index (Phi) is 3.38. The highest BCUT2D eigenvalue weighted by Gasteiger charge is 2.13. The van der Waals surface area contributed by atoms with Crippen LogP contribution in [0.4, 0.5) is 0 Å². The summed E-state index contributed by atoms with van der Waals surface area (Å²) in [6, 6.07) is 5.11. The van der Waals surface area contributed by atoms with Crippen molar-refractivity contribution in [1.29, 1.82) is 0 Å². The maximum absolute atomic E-state index is 11.4. The average molecular weight is 246 g/mol. The Morgan fingerprint density at radius 2 is 2.28 bits per heavy atom. The molecule has 0 aromatic carbocycles. The lowest BCUT2D eigenvalue weighted by Crippen LogP contribution is -2.18. The smallest absolute Gasteiger partial charge is 0.271 e. The molecule has 1 atom stereocenters. The predicted molar refractivity (Wildman–Crippen MR) is 65.4 cm³/mol. The van der Waals surface area contributed by atoms with Crippen LogP contribution in [0.2, 0.25) is 0 Å². The van der Waals surface area contributed by atoms with E-state index < -0.39 is 6.10 Å². The number of amides is 1. The molecule has 6 nitrogen and oxygen atoms in total. The van der Waals surface area contributed by atoms with Gasteiger partial charge in [0.2, 0.25) is 0 Å². The van der Waals surface area contributed by atoms with Crippen molar-refractivity contribution in [2.24, 2.45) is 0 Å². The number of carbonyl (C=O) groups excluding carboxylic acids is 1. The molecule has 18 heavy (non-hydrogen) atoms. The lowest BCUT2D eigenvalue weighted by atomic mass is 10.1. The fourth-order valence-electron chi connectivity index (χ4n) is 1.62. The standard InChI is InChI=1S/C12H14N4O2/c1-8(17)9-4-3-6-14-11(9)16-7-5-10(15-16)12(18)13-2/h3-8,17H,1-2H3,(H,13,18)/t8-/m0/s1. The van der Waals surface area contributed by atoms with Gasteiger partial charge in [0.25, 0.3) is 5.91 Å². The molecular formula is C12H14N4O2. The number of aromatic nitrogens is 3. The minimum absolute atomic E-state index is 0.261. The monoisotopic (exact) mass is 246 g/mol. The third kappa shape index (κ3) is 2.23. The summed E-state index contributed by atoms with van der Waals surface area (Å²) in [6.45, 7) is 1.66. The molecule has 0 unspecified atom stereocenters. The lowest BCUT2D eigenvalue weighted by Gasteiger charge is -2.10. The van der Waals surface area contributed by atoms with Crippen LogP contribution in [-0.2, 0) is 0 Å². The summed E-state index contributed by atoms with van der Waals surface area (Å²) < 4.78 is 1.48. The summed E-state index contributed by atoms with van der Waals surface area (Å²) >= 11 is 0. The number of aliphatic hydroxyl groups is 1. The highest BCUT2D eigenvalue weighted by Crippen LogP contribution is 2.18. The Morgan fingerprint density at radius 1 is 1.50 bits per heavy atom. The summed E-state index contributed by atoms with van der Waals surface area (Å²) in [5, 5.41) is 16.3. The number of hydrogen-bond donors (Lipinski definition) is 2. The van der Waals surface area contributed by atoms with Gasteiger partial charge in [-0.05, 0) is 19.1 Å². The molecule has 0 spiro atoms. The van der Waals surface area contributed by atoms with Gasteiger partial charge >= 0.3 is 0 Å². The van der Waals surface area contributed by atoms with E-state index >= 15 is 0 Å². The molecule has 0 aliphatic rings. The third-order valence-electron chi connectivity index (χ3n) is 2.53. The van der Waals surface area contributed by atoms with Gasteiger partial charge in [0, 0.05) is 25.0 Å². The van der Waals surface area contributed by atoms with Crippen molar-refractivity contribution in [3.63, 3.8) is 0 Å². The quantitative estimate of drug-likeness (QED) is 0.834. The zero-order chi connectivity index (χ0) is 13.1. The summed E-state index contributed by atoms with van der Waals surface area (Å²) in [7, 11) is 1.54. The number of rotatable bonds is 3. The van der Waals surface area contributed by atoms with Crippen LogP contribution in [0, 0.1) is 0 Å². The second-order valence-electron chi connectivity index (χ2n) is 3.82. The molecule has 0 saturated heterocycles. The highest BCUT2D eigenvalue weighted by molar-refractivity contribution is 5.91. The summed E-state index contributed by atoms with van der Waals surface area (Å²) in [5.41, 5.74) is 0.962. The van der Waals surface area contributed by atoms with Gasteiger partial charge in [-0.25, -0.2) is 9.67 Å². The zero-order valence-electron chi connectivity index (χ0n) is 10.2. The van der Waals surface area contributed by atoms with Crippen LogP contribution in [0.5, 0.6) is 0 Å². The molecule has 2 aromatic heterocycles. The number of nitrogens with zero attached hydrogens (tertiary/aromatic N) is 3. The Bertz CT molecular complexity index is 563. The first-order chi connectivity index (χ1) is 8.63. The molecule has 2 aromatic rings. The first-order valence-corrected chi connectivity index (χ1v) is 5.54. The average Bonchev–Trinajstić information content (AvgIpc) is 2.87. The van der Waals surface area contributed by atoms with E-state index in [1.807, 2.05) is 0 Å². The molecule has 0 bridgehead atoms. The van der Waals surface area contributed by atoms with Crippen LogP contribution >= 0.6 is 0 Å². The number of carbonyl (C=O) groups is 1. The first kappa shape index (κ1) is 12.3. The van der Waals surface area contributed by atoms with Crippen LogP contribution in [0.25, 0.3) is 5.82 Å². The van der Waals surface area contributed by atoms with Crippen molar-refractivity contribution in [2.75, 3.05) is 7.05 Å². The van der Waals surface area contributed by atoms with Crippen molar-refractivity contribution in [3.8, 4) is 5.82 Å². The van der Waals surface area contributed by atoms with Crippen molar-refractivity contribution in [1.82, 2.24) is 20.1 Å². The Hall–Kier alpha value is -2.21. The molecular weight excluding hydrogens is 232 g/mol. The van der Waals surface area contributed by atoms with Gasteiger partial charge in [-0.2, -0.15) is 5.10 Å². The molecule has 0 aliphatic carbocycles. The summed E-state index contributed by atoms with van der Waals surface area (Å²) in [4.78, 5) is 15.6. The fraction of sp³-hybridized carbons (Fsp3) is 0.250. The molecule has 0 radical (unpaired) electrons. The number of hydrogen-bond acceptors (Lipinski definition) is 4. The number of aliphatic hydroxyl groups excluding tert-OH is 1. The maximum Gasteiger partial charge on any atom is 0.271 e. The molecule has 2 rings (SSSR count). The molecule has 2 N–H and O–H groups in total. The topological polar surface area (TPSA) is 80.0 Å². The van der Waals surface area contributed by atoms with E-state index in [-0.39, 0.29) is 5.91 Å². The SMILES string of the molecule is CNC(=O)c1ccn(-c2ncccc2[C@H](C)O)n1. The minimum atomic E-state index is -0.652. The number of pyridine rings is 1. The largest absolute Gasteiger partial charge is 0.389 e. The van der Waals surface area contributed by atoms with E-state index in [0.29, 0.717) is 17.1 Å². The number of nitrogens with one attached hydrogen (secondary N) is 1. The van der Waals surface area contributed by atoms with Gasteiger partial charge < -0.3 is 10.4 Å². The second-order valence-corrected chi connectivity index (χ2v) is 3.82. The van der Waals surface area contributed by atoms with Gasteiger partial charge in [-0.15, -0.1) is 0 Å². The maximum atomic E-state index is 11.4. The molecule has 6 heteroatoms. The Labute approximate surface area is 104 Å². The van der Waals surface area contributed by atoms with Crippen LogP contribution < -0.4 is 5.32 Å². The van der Waals surface area contributed by atoms with E-state index in [0.717, 1.165) is 0 Å². The molecule has 2 heterocycles. The van der Waals surface area contributed by atoms with Crippen molar-refractivity contribution < 1.29 is 9.90 Å². The second kappa shape index (κ2) is 4.97. The van der Waals surface area contributed by atoms with Gasteiger partial charge in [-0.3, -0.25) is 4.79 Å². The summed E-state index contributed by atoms with van der Waals surface area (Å²) in [5.74, 6) is 0.255. The van der Waals surface area contributed by atoms with E-state index in [9.17, 15) is 9.90 Å². The molecule has 0 fully saturated rings. The van der Waals surface area contributed by atoms with Crippen LogP contribution in [0.3, 0.4) is 0 Å². The van der Waals surface area contributed by atoms with E-state index in [1.54, 1.807) is 44.6 Å². The zero-order valence-corrected chi connectivity index (χ0v) is 10.2. The molecule has 1 amide bonds. The van der Waals surface area contributed by atoms with Crippen molar-refractivity contribution >= 4 is 5.91 Å². The highest BCUT2D eigenvalue weighted by atomic mass is 16.3. The predicted octanol–water partition coefficient (Wildman–Crippen LogP) is 0.680. The van der Waals surface area contributed by atoms with Crippen molar-refractivity contribution in [3.05, 3.63) is 41.9 Å². The molecule has 94 valence electrons. The van der Waals surface area contributed by atoms with Gasteiger partial charge in [0.15, 0.2) is 11.5 Å². The van der Waals surface area contributed by atoms with Gasteiger partial charge in [-0.1, -0.05) is 6.07 Å². The molecule has 0 saturated carbocycles. The van der Waals surface area contributed by atoms with Gasteiger partial charge in [0.05, 0.1) is 6.10 Å². The van der Waals surface area contributed by atoms with E-state index in [1.165, 1.54) is 4.68 Å². The van der Waals surface area contributed by atoms with Gasteiger partial charge in [0.1, 0.15) is 0 Å². The minimum Gasteiger partial charge on any atom is -0.389 e. The van der Waals surface area contributed by atoms with Crippen LogP contribution in [-0.4, -0.2) is 32.8 Å². The lowest BCUT2D eigenvalue weighted by molar-refractivity contribution is 0.0957.